The second-order valence-corrected chi connectivity index (χ2v) is 5.64. The fraction of sp³-hybridized carbons (Fsp3) is 0.158. The van der Waals surface area contributed by atoms with Gasteiger partial charge < -0.3 is 4.74 Å². The molecule has 2 aromatic rings. The molecular formula is C19H16FNO2. The van der Waals surface area contributed by atoms with Gasteiger partial charge in [0, 0.05) is 0 Å². The number of cyclic esters (lactones) is 1. The maximum Gasteiger partial charge on any atom is 0.363 e. The summed E-state index contributed by atoms with van der Waals surface area (Å²) in [6.07, 6.45) is 1.64. The van der Waals surface area contributed by atoms with E-state index in [1.54, 1.807) is 18.2 Å². The fourth-order valence-electron chi connectivity index (χ4n) is 2.29. The Kier molecular flexibility index (Phi) is 4.06. The van der Waals surface area contributed by atoms with Crippen LogP contribution in [0.3, 0.4) is 0 Å². The molecule has 0 spiro atoms. The quantitative estimate of drug-likeness (QED) is 0.626. The van der Waals surface area contributed by atoms with Crippen LogP contribution < -0.4 is 0 Å². The molecule has 1 aliphatic rings. The summed E-state index contributed by atoms with van der Waals surface area (Å²) in [4.78, 5) is 16.0. The molecule has 0 fully saturated rings. The molecule has 0 saturated carbocycles. The molecule has 1 aliphatic heterocycles. The van der Waals surface area contributed by atoms with E-state index in [4.69, 9.17) is 4.74 Å². The molecule has 116 valence electrons. The number of halogens is 1. The number of hydrogen-bond acceptors (Lipinski definition) is 3. The number of benzene rings is 2. The highest BCUT2D eigenvalue weighted by atomic mass is 19.1. The molecule has 0 bridgehead atoms. The van der Waals surface area contributed by atoms with Gasteiger partial charge in [0.1, 0.15) is 5.82 Å². The van der Waals surface area contributed by atoms with Crippen LogP contribution in [0, 0.1) is 5.82 Å². The van der Waals surface area contributed by atoms with Crippen molar-refractivity contribution in [1.82, 2.24) is 0 Å². The van der Waals surface area contributed by atoms with Crippen LogP contribution in [0.15, 0.2) is 59.2 Å². The highest BCUT2D eigenvalue weighted by molar-refractivity contribution is 6.12. The van der Waals surface area contributed by atoms with E-state index in [9.17, 15) is 9.18 Å². The molecule has 0 amide bonds. The molecule has 3 nitrogen and oxygen atoms in total. The number of carbonyl (C=O) groups excluding carboxylic acids is 1. The Morgan fingerprint density at radius 2 is 1.78 bits per heavy atom. The van der Waals surface area contributed by atoms with Crippen molar-refractivity contribution in [3.05, 3.63) is 76.7 Å². The van der Waals surface area contributed by atoms with E-state index < -0.39 is 11.8 Å². The summed E-state index contributed by atoms with van der Waals surface area (Å²) >= 11 is 0. The largest absolute Gasteiger partial charge is 0.402 e. The van der Waals surface area contributed by atoms with Gasteiger partial charge >= 0.3 is 5.97 Å². The van der Waals surface area contributed by atoms with Crippen LogP contribution >= 0.6 is 0 Å². The summed E-state index contributed by atoms with van der Waals surface area (Å²) in [6, 6.07) is 13.9. The Balaban J connectivity index is 1.90. The SMILES string of the molecule is CC(C)c1ccc(/C=C2\N=C(c3ccccc3F)OC2=O)cc1. The van der Waals surface area contributed by atoms with Crippen molar-refractivity contribution >= 4 is 17.9 Å². The lowest BCUT2D eigenvalue weighted by Gasteiger charge is -2.04. The van der Waals surface area contributed by atoms with Gasteiger partial charge in [-0.1, -0.05) is 50.2 Å². The van der Waals surface area contributed by atoms with Gasteiger partial charge in [-0.15, -0.1) is 0 Å². The van der Waals surface area contributed by atoms with E-state index in [2.05, 4.69) is 18.8 Å². The molecule has 0 radical (unpaired) electrons. The van der Waals surface area contributed by atoms with Crippen molar-refractivity contribution < 1.29 is 13.9 Å². The molecular weight excluding hydrogens is 293 g/mol. The lowest BCUT2D eigenvalue weighted by Crippen LogP contribution is -2.07. The molecule has 0 saturated heterocycles. The van der Waals surface area contributed by atoms with E-state index in [0.717, 1.165) is 5.56 Å². The van der Waals surface area contributed by atoms with Gasteiger partial charge in [0.15, 0.2) is 5.70 Å². The molecule has 3 rings (SSSR count). The van der Waals surface area contributed by atoms with Crippen LogP contribution in [-0.4, -0.2) is 11.9 Å². The topological polar surface area (TPSA) is 38.7 Å². The molecule has 0 aromatic heterocycles. The van der Waals surface area contributed by atoms with Gasteiger partial charge in [0.2, 0.25) is 5.90 Å². The van der Waals surface area contributed by atoms with E-state index in [1.165, 1.54) is 17.7 Å². The molecule has 0 aliphatic carbocycles. The highest BCUT2D eigenvalue weighted by Gasteiger charge is 2.25. The third kappa shape index (κ3) is 3.21. The van der Waals surface area contributed by atoms with Crippen LogP contribution in [0.25, 0.3) is 6.08 Å². The maximum absolute atomic E-state index is 13.8. The van der Waals surface area contributed by atoms with Gasteiger partial charge in [-0.3, -0.25) is 0 Å². The molecule has 4 heteroatoms. The number of nitrogens with zero attached hydrogens (tertiary/aromatic N) is 1. The van der Waals surface area contributed by atoms with Crippen molar-refractivity contribution in [1.29, 1.82) is 0 Å². The predicted octanol–water partition coefficient (Wildman–Crippen LogP) is 4.29. The first-order valence-corrected chi connectivity index (χ1v) is 7.42. The normalized spacial score (nSPS) is 15.9. The minimum Gasteiger partial charge on any atom is -0.402 e. The molecule has 23 heavy (non-hydrogen) atoms. The number of carbonyl (C=O) groups is 1. The Hall–Kier alpha value is -2.75. The van der Waals surface area contributed by atoms with Crippen molar-refractivity contribution in [2.75, 3.05) is 0 Å². The third-order valence-electron chi connectivity index (χ3n) is 3.63. The van der Waals surface area contributed by atoms with Crippen LogP contribution in [0.2, 0.25) is 0 Å². The minimum atomic E-state index is -0.573. The van der Waals surface area contributed by atoms with Crippen LogP contribution in [0.1, 0.15) is 36.5 Å². The Labute approximate surface area is 134 Å². The van der Waals surface area contributed by atoms with Gasteiger partial charge in [-0.25, -0.2) is 14.2 Å². The monoisotopic (exact) mass is 309 g/mol. The lowest BCUT2D eigenvalue weighted by molar-refractivity contribution is -0.129. The summed E-state index contributed by atoms with van der Waals surface area (Å²) < 4.78 is 18.8. The smallest absolute Gasteiger partial charge is 0.363 e. The maximum atomic E-state index is 13.8. The summed E-state index contributed by atoms with van der Waals surface area (Å²) in [5.74, 6) is -0.602. The first-order chi connectivity index (χ1) is 11.0. The predicted molar refractivity (Wildman–Crippen MR) is 87.5 cm³/mol. The number of aliphatic imine (C=N–C) groups is 1. The third-order valence-corrected chi connectivity index (χ3v) is 3.63. The molecule has 1 heterocycles. The molecule has 2 aromatic carbocycles. The highest BCUT2D eigenvalue weighted by Crippen LogP contribution is 2.21. The van der Waals surface area contributed by atoms with Gasteiger partial charge in [-0.2, -0.15) is 0 Å². The zero-order valence-corrected chi connectivity index (χ0v) is 12.9. The summed E-state index contributed by atoms with van der Waals surface area (Å²) in [5, 5.41) is 0. The van der Waals surface area contributed by atoms with E-state index in [0.29, 0.717) is 5.92 Å². The Bertz CT molecular complexity index is 804. The molecule has 0 unspecified atom stereocenters. The van der Waals surface area contributed by atoms with Gasteiger partial charge in [0.05, 0.1) is 5.56 Å². The number of esters is 1. The van der Waals surface area contributed by atoms with Crippen molar-refractivity contribution in [2.45, 2.75) is 19.8 Å². The van der Waals surface area contributed by atoms with Gasteiger partial charge in [0.25, 0.3) is 0 Å². The van der Waals surface area contributed by atoms with Crippen molar-refractivity contribution in [3.8, 4) is 0 Å². The zero-order valence-electron chi connectivity index (χ0n) is 12.9. The Morgan fingerprint density at radius 3 is 2.43 bits per heavy atom. The number of hydrogen-bond donors (Lipinski definition) is 0. The van der Waals surface area contributed by atoms with Crippen molar-refractivity contribution in [3.63, 3.8) is 0 Å². The summed E-state index contributed by atoms with van der Waals surface area (Å²) in [7, 11) is 0. The van der Waals surface area contributed by atoms with Crippen molar-refractivity contribution in [2.24, 2.45) is 4.99 Å². The van der Waals surface area contributed by atoms with E-state index >= 15 is 0 Å². The second kappa shape index (κ2) is 6.16. The average Bonchev–Trinajstić information content (AvgIpc) is 2.89. The average molecular weight is 309 g/mol. The summed E-state index contributed by atoms with van der Waals surface area (Å²) in [5.41, 5.74) is 2.41. The lowest BCUT2D eigenvalue weighted by atomic mass is 10.0. The standard InChI is InChI=1S/C19H16FNO2/c1-12(2)14-9-7-13(8-10-14)11-17-19(22)23-18(21-17)15-5-3-4-6-16(15)20/h3-12H,1-2H3/b17-11-. The van der Waals surface area contributed by atoms with Gasteiger partial charge in [-0.05, 0) is 35.3 Å². The summed E-state index contributed by atoms with van der Waals surface area (Å²) in [6.45, 7) is 4.24. The fourth-order valence-corrected chi connectivity index (χ4v) is 2.29. The van der Waals surface area contributed by atoms with Crippen LogP contribution in [0.4, 0.5) is 4.39 Å². The second-order valence-electron chi connectivity index (χ2n) is 5.64. The minimum absolute atomic E-state index is 0.00171. The molecule has 0 atom stereocenters. The van der Waals surface area contributed by atoms with Crippen LogP contribution in [-0.2, 0) is 9.53 Å². The Morgan fingerprint density at radius 1 is 1.09 bits per heavy atom. The number of rotatable bonds is 3. The molecule has 0 N–H and O–H groups in total. The van der Waals surface area contributed by atoms with E-state index in [1.807, 2.05) is 24.3 Å². The van der Waals surface area contributed by atoms with Crippen LogP contribution in [0.5, 0.6) is 0 Å². The first-order valence-electron chi connectivity index (χ1n) is 7.42. The first kappa shape index (κ1) is 15.2. The zero-order chi connectivity index (χ0) is 16.4. The number of ether oxygens (including phenoxy) is 1. The van der Waals surface area contributed by atoms with E-state index in [-0.39, 0.29) is 17.2 Å².